The Balaban J connectivity index is 2.80. The van der Waals surface area contributed by atoms with Crippen molar-refractivity contribution in [1.29, 1.82) is 0 Å². The van der Waals surface area contributed by atoms with E-state index in [0.717, 1.165) is 6.54 Å². The first-order chi connectivity index (χ1) is 7.15. The van der Waals surface area contributed by atoms with Crippen LogP contribution in [0.25, 0.3) is 10.9 Å². The van der Waals surface area contributed by atoms with E-state index in [1.54, 1.807) is 0 Å². The zero-order valence-electron chi connectivity index (χ0n) is 9.67. The van der Waals surface area contributed by atoms with Crippen LogP contribution in [0.3, 0.4) is 0 Å². The van der Waals surface area contributed by atoms with Gasteiger partial charge in [-0.2, -0.15) is 0 Å². The Hall–Kier alpha value is -1.28. The molecule has 0 atom stereocenters. The quantitative estimate of drug-likeness (QED) is 0.797. The van der Waals surface area contributed by atoms with E-state index in [9.17, 15) is 0 Å². The summed E-state index contributed by atoms with van der Waals surface area (Å²) in [5, 5.41) is 1.39. The van der Waals surface area contributed by atoms with Crippen LogP contribution in [0.15, 0.2) is 18.3 Å². The highest BCUT2D eigenvalue weighted by molar-refractivity contribution is 5.89. The molecule has 0 saturated carbocycles. The molecule has 0 aliphatic carbocycles. The van der Waals surface area contributed by atoms with Gasteiger partial charge in [-0.3, -0.25) is 0 Å². The molecule has 2 aromatic rings. The first kappa shape index (κ1) is 10.2. The summed E-state index contributed by atoms with van der Waals surface area (Å²) in [6, 6.07) is 4.38. The molecule has 0 spiro atoms. The van der Waals surface area contributed by atoms with Gasteiger partial charge in [-0.25, -0.2) is 0 Å². The molecule has 2 rings (SSSR count). The predicted molar refractivity (Wildman–Crippen MR) is 65.2 cm³/mol. The lowest BCUT2D eigenvalue weighted by Crippen LogP contribution is -2.09. The van der Waals surface area contributed by atoms with Crippen molar-refractivity contribution >= 4 is 10.9 Å². The van der Waals surface area contributed by atoms with Crippen LogP contribution in [-0.4, -0.2) is 11.1 Å². The van der Waals surface area contributed by atoms with Gasteiger partial charge in [-0.1, -0.05) is 12.1 Å². The van der Waals surface area contributed by atoms with Crippen molar-refractivity contribution in [2.45, 2.75) is 27.3 Å². The number of aromatic nitrogens is 1. The largest absolute Gasteiger partial charge is 0.346 e. The summed E-state index contributed by atoms with van der Waals surface area (Å²) in [7, 11) is 0. The van der Waals surface area contributed by atoms with E-state index in [2.05, 4.69) is 43.7 Å². The maximum atomic E-state index is 5.63. The third-order valence-electron chi connectivity index (χ3n) is 2.99. The molecule has 0 unspecified atom stereocenters. The summed E-state index contributed by atoms with van der Waals surface area (Å²) in [6.07, 6.45) is 2.21. The smallest absolute Gasteiger partial charge is 0.0515 e. The second-order valence-electron chi connectivity index (χ2n) is 4.22. The van der Waals surface area contributed by atoms with Crippen LogP contribution >= 0.6 is 0 Å². The molecule has 0 amide bonds. The maximum absolute atomic E-state index is 5.63. The standard InChI is InChI=1S/C13H18N2/c1-9-4-5-10(2)13-12(9)11(3)8-15(13)7-6-14/h4-5,8H,6-7,14H2,1-3H3. The fourth-order valence-electron chi connectivity index (χ4n) is 2.34. The van der Waals surface area contributed by atoms with Crippen LogP contribution in [0.1, 0.15) is 16.7 Å². The predicted octanol–water partition coefficient (Wildman–Crippen LogP) is 2.53. The fraction of sp³-hybridized carbons (Fsp3) is 0.385. The van der Waals surface area contributed by atoms with E-state index >= 15 is 0 Å². The lowest BCUT2D eigenvalue weighted by Gasteiger charge is -2.07. The third-order valence-corrected chi connectivity index (χ3v) is 2.99. The van der Waals surface area contributed by atoms with Crippen molar-refractivity contribution in [1.82, 2.24) is 4.57 Å². The molecule has 0 radical (unpaired) electrons. The molecule has 1 aromatic heterocycles. The van der Waals surface area contributed by atoms with Crippen molar-refractivity contribution in [3.05, 3.63) is 35.0 Å². The van der Waals surface area contributed by atoms with Gasteiger partial charge >= 0.3 is 0 Å². The summed E-state index contributed by atoms with van der Waals surface area (Å²) in [5.74, 6) is 0. The average Bonchev–Trinajstić information content (AvgIpc) is 2.51. The Kier molecular flexibility index (Phi) is 2.53. The topological polar surface area (TPSA) is 30.9 Å². The van der Waals surface area contributed by atoms with Crippen LogP contribution in [0, 0.1) is 20.8 Å². The van der Waals surface area contributed by atoms with E-state index in [1.165, 1.54) is 27.6 Å². The minimum absolute atomic E-state index is 0.691. The summed E-state index contributed by atoms with van der Waals surface area (Å²) < 4.78 is 2.27. The number of fused-ring (bicyclic) bond motifs is 1. The van der Waals surface area contributed by atoms with Gasteiger partial charge in [-0.15, -0.1) is 0 Å². The molecule has 2 nitrogen and oxygen atoms in total. The third kappa shape index (κ3) is 1.55. The van der Waals surface area contributed by atoms with Gasteiger partial charge in [0.05, 0.1) is 5.52 Å². The monoisotopic (exact) mass is 202 g/mol. The Morgan fingerprint density at radius 2 is 1.73 bits per heavy atom. The van der Waals surface area contributed by atoms with Crippen LogP contribution in [0.2, 0.25) is 0 Å². The van der Waals surface area contributed by atoms with E-state index in [-0.39, 0.29) is 0 Å². The van der Waals surface area contributed by atoms with Crippen molar-refractivity contribution in [3.63, 3.8) is 0 Å². The molecule has 80 valence electrons. The van der Waals surface area contributed by atoms with Crippen molar-refractivity contribution in [3.8, 4) is 0 Å². The highest BCUT2D eigenvalue weighted by Crippen LogP contribution is 2.26. The molecular weight excluding hydrogens is 184 g/mol. The molecule has 0 aliphatic rings. The highest BCUT2D eigenvalue weighted by Gasteiger charge is 2.09. The van der Waals surface area contributed by atoms with Gasteiger partial charge < -0.3 is 10.3 Å². The highest BCUT2D eigenvalue weighted by atomic mass is 15.0. The molecular formula is C13H18N2. The zero-order chi connectivity index (χ0) is 11.0. The number of aryl methyl sites for hydroxylation is 3. The first-order valence-electron chi connectivity index (χ1n) is 5.41. The number of nitrogens with zero attached hydrogens (tertiary/aromatic N) is 1. The fourth-order valence-corrected chi connectivity index (χ4v) is 2.34. The number of hydrogen-bond donors (Lipinski definition) is 1. The zero-order valence-corrected chi connectivity index (χ0v) is 9.67. The summed E-state index contributed by atoms with van der Waals surface area (Å²) >= 11 is 0. The summed E-state index contributed by atoms with van der Waals surface area (Å²) in [4.78, 5) is 0. The minimum Gasteiger partial charge on any atom is -0.346 e. The minimum atomic E-state index is 0.691. The first-order valence-corrected chi connectivity index (χ1v) is 5.41. The normalized spacial score (nSPS) is 11.2. The van der Waals surface area contributed by atoms with Crippen molar-refractivity contribution < 1.29 is 0 Å². The second kappa shape index (κ2) is 3.70. The Morgan fingerprint density at radius 1 is 1.07 bits per heavy atom. The number of hydrogen-bond acceptors (Lipinski definition) is 1. The van der Waals surface area contributed by atoms with Crippen LogP contribution in [0.4, 0.5) is 0 Å². The van der Waals surface area contributed by atoms with E-state index in [4.69, 9.17) is 5.73 Å². The molecule has 1 aromatic carbocycles. The molecule has 2 heteroatoms. The number of benzene rings is 1. The van der Waals surface area contributed by atoms with Gasteiger partial charge in [0.15, 0.2) is 0 Å². The van der Waals surface area contributed by atoms with Gasteiger partial charge in [0.1, 0.15) is 0 Å². The molecule has 0 fully saturated rings. The Labute approximate surface area is 90.7 Å². The van der Waals surface area contributed by atoms with Crippen LogP contribution in [0.5, 0.6) is 0 Å². The maximum Gasteiger partial charge on any atom is 0.0515 e. The molecule has 0 saturated heterocycles. The van der Waals surface area contributed by atoms with Crippen molar-refractivity contribution in [2.24, 2.45) is 5.73 Å². The number of rotatable bonds is 2. The van der Waals surface area contributed by atoms with Gasteiger partial charge in [0, 0.05) is 24.7 Å². The van der Waals surface area contributed by atoms with Crippen LogP contribution in [-0.2, 0) is 6.54 Å². The molecule has 0 bridgehead atoms. The summed E-state index contributed by atoms with van der Waals surface area (Å²) in [6.45, 7) is 8.09. The van der Waals surface area contributed by atoms with E-state index in [1.807, 2.05) is 0 Å². The van der Waals surface area contributed by atoms with E-state index in [0.29, 0.717) is 6.54 Å². The van der Waals surface area contributed by atoms with Gasteiger partial charge in [0.25, 0.3) is 0 Å². The molecule has 15 heavy (non-hydrogen) atoms. The van der Waals surface area contributed by atoms with Gasteiger partial charge in [-0.05, 0) is 37.5 Å². The SMILES string of the molecule is Cc1ccc(C)c2c1c(C)cn2CCN. The summed E-state index contributed by atoms with van der Waals surface area (Å²) in [5.41, 5.74) is 11.0. The van der Waals surface area contributed by atoms with Crippen LogP contribution < -0.4 is 5.73 Å². The number of nitrogens with two attached hydrogens (primary N) is 1. The second-order valence-corrected chi connectivity index (χ2v) is 4.22. The van der Waals surface area contributed by atoms with Crippen molar-refractivity contribution in [2.75, 3.05) is 6.54 Å². The average molecular weight is 202 g/mol. The Bertz CT molecular complexity index is 495. The van der Waals surface area contributed by atoms with Gasteiger partial charge in [0.2, 0.25) is 0 Å². The molecule has 1 heterocycles. The lowest BCUT2D eigenvalue weighted by atomic mass is 10.1. The van der Waals surface area contributed by atoms with E-state index < -0.39 is 0 Å². The Morgan fingerprint density at radius 3 is 2.40 bits per heavy atom. The molecule has 2 N–H and O–H groups in total. The lowest BCUT2D eigenvalue weighted by molar-refractivity contribution is 0.732. The molecule has 0 aliphatic heterocycles.